The van der Waals surface area contributed by atoms with E-state index < -0.39 is 0 Å². The Morgan fingerprint density at radius 2 is 1.23 bits per heavy atom. The second kappa shape index (κ2) is 9.15. The van der Waals surface area contributed by atoms with E-state index in [4.69, 9.17) is 9.47 Å². The number of ether oxygens (including phenoxy) is 2. The number of hydrogen-bond acceptors (Lipinski definition) is 6. The second-order valence-corrected chi connectivity index (χ2v) is 12.0. The Balaban J connectivity index is 1.66. The summed E-state index contributed by atoms with van der Waals surface area (Å²) in [6.07, 6.45) is 4.89. The molecule has 2 heterocycles. The number of esters is 2. The fraction of sp³-hybridized carbons (Fsp3) is 0.917. The van der Waals surface area contributed by atoms with Crippen LogP contribution in [-0.4, -0.2) is 46.8 Å². The second-order valence-electron chi connectivity index (χ2n) is 12.0. The van der Waals surface area contributed by atoms with Gasteiger partial charge in [-0.1, -0.05) is 0 Å². The molecule has 2 rings (SSSR count). The molecule has 6 heteroatoms. The first-order valence-corrected chi connectivity index (χ1v) is 11.5. The molecule has 0 aliphatic carbocycles. The lowest BCUT2D eigenvalue weighted by Gasteiger charge is -2.45. The third-order valence-electron chi connectivity index (χ3n) is 5.99. The van der Waals surface area contributed by atoms with E-state index in [1.54, 1.807) is 0 Å². The highest BCUT2D eigenvalue weighted by atomic mass is 16.5. The standard InChI is InChI=1S/C24H44N2O4/c1-21(2)13-17(14-22(3,4)25-21)20(28)29-12-10-9-11-19(27)30-18-15-23(5,6)26-24(7,8)16-18/h17-18,25-26H,9-16H2,1-8H3. The van der Waals surface area contributed by atoms with Crippen LogP contribution in [-0.2, 0) is 19.1 Å². The van der Waals surface area contributed by atoms with Crippen LogP contribution in [0.2, 0.25) is 0 Å². The summed E-state index contributed by atoms with van der Waals surface area (Å²) in [6.45, 7) is 17.5. The van der Waals surface area contributed by atoms with Crippen LogP contribution in [0.5, 0.6) is 0 Å². The SMILES string of the molecule is CC1(C)CC(OC(=O)CCCCOC(=O)C2CC(C)(C)NC(C)(C)C2)CC(C)(C)N1. The molecule has 2 aliphatic heterocycles. The minimum atomic E-state index is -0.151. The van der Waals surface area contributed by atoms with Crippen molar-refractivity contribution in [2.45, 2.75) is 129 Å². The number of carbonyl (C=O) groups is 2. The molecule has 30 heavy (non-hydrogen) atoms. The molecule has 0 amide bonds. The molecule has 0 unspecified atom stereocenters. The minimum Gasteiger partial charge on any atom is -0.465 e. The van der Waals surface area contributed by atoms with Gasteiger partial charge in [0.1, 0.15) is 6.10 Å². The summed E-state index contributed by atoms with van der Waals surface area (Å²) in [5, 5.41) is 7.18. The van der Waals surface area contributed by atoms with Gasteiger partial charge in [-0.25, -0.2) is 0 Å². The molecule has 0 saturated carbocycles. The van der Waals surface area contributed by atoms with Crippen molar-refractivity contribution in [2.24, 2.45) is 5.92 Å². The van der Waals surface area contributed by atoms with Gasteiger partial charge in [-0.3, -0.25) is 9.59 Å². The van der Waals surface area contributed by atoms with E-state index in [0.29, 0.717) is 25.9 Å². The minimum absolute atomic E-state index is 0.0430. The number of carbonyl (C=O) groups excluding carboxylic acids is 2. The Hall–Kier alpha value is -1.14. The van der Waals surface area contributed by atoms with Gasteiger partial charge in [-0.05, 0) is 81.1 Å². The summed E-state index contributed by atoms with van der Waals surface area (Å²) in [7, 11) is 0. The molecule has 174 valence electrons. The zero-order valence-electron chi connectivity index (χ0n) is 20.4. The largest absolute Gasteiger partial charge is 0.465 e. The molecule has 2 N–H and O–H groups in total. The van der Waals surface area contributed by atoms with Crippen molar-refractivity contribution in [3.63, 3.8) is 0 Å². The number of rotatable bonds is 7. The first kappa shape index (κ1) is 25.1. The predicted octanol–water partition coefficient (Wildman–Crippen LogP) is 4.11. The van der Waals surface area contributed by atoms with Crippen molar-refractivity contribution in [1.82, 2.24) is 10.6 Å². The normalized spacial score (nSPS) is 25.5. The predicted molar refractivity (Wildman–Crippen MR) is 119 cm³/mol. The first-order chi connectivity index (χ1) is 13.6. The smallest absolute Gasteiger partial charge is 0.309 e. The third kappa shape index (κ3) is 8.18. The maximum absolute atomic E-state index is 12.5. The lowest BCUT2D eigenvalue weighted by Crippen LogP contribution is -2.59. The maximum atomic E-state index is 12.5. The van der Waals surface area contributed by atoms with Crippen molar-refractivity contribution in [3.8, 4) is 0 Å². The Labute approximate surface area is 183 Å². The van der Waals surface area contributed by atoms with Gasteiger partial charge in [0.05, 0.1) is 12.5 Å². The number of hydrogen-bond donors (Lipinski definition) is 2. The molecule has 2 aliphatic rings. The van der Waals surface area contributed by atoms with E-state index in [-0.39, 0.29) is 46.1 Å². The fourth-order valence-corrected chi connectivity index (χ4v) is 5.71. The van der Waals surface area contributed by atoms with Gasteiger partial charge >= 0.3 is 11.9 Å². The van der Waals surface area contributed by atoms with Crippen molar-refractivity contribution in [3.05, 3.63) is 0 Å². The van der Waals surface area contributed by atoms with Crippen molar-refractivity contribution in [2.75, 3.05) is 6.61 Å². The monoisotopic (exact) mass is 424 g/mol. The highest BCUT2D eigenvalue weighted by Gasteiger charge is 2.41. The molecule has 0 aromatic heterocycles. The fourth-order valence-electron chi connectivity index (χ4n) is 5.71. The highest BCUT2D eigenvalue weighted by molar-refractivity contribution is 5.73. The van der Waals surface area contributed by atoms with Crippen molar-refractivity contribution in [1.29, 1.82) is 0 Å². The first-order valence-electron chi connectivity index (χ1n) is 11.5. The quantitative estimate of drug-likeness (QED) is 0.473. The molecule has 2 fully saturated rings. The van der Waals surface area contributed by atoms with Gasteiger partial charge in [0.15, 0.2) is 0 Å². The number of unbranched alkanes of at least 4 members (excludes halogenated alkanes) is 1. The molecule has 0 aromatic rings. The summed E-state index contributed by atoms with van der Waals surface area (Å²) >= 11 is 0. The van der Waals surface area contributed by atoms with Gasteiger partial charge < -0.3 is 20.1 Å². The van der Waals surface area contributed by atoms with E-state index >= 15 is 0 Å². The van der Waals surface area contributed by atoms with Crippen LogP contribution in [0.1, 0.15) is 100 Å². The summed E-state index contributed by atoms with van der Waals surface area (Å²) in [6, 6.07) is 0. The third-order valence-corrected chi connectivity index (χ3v) is 5.99. The lowest BCUT2D eigenvalue weighted by atomic mass is 9.76. The summed E-state index contributed by atoms with van der Waals surface area (Å²) in [5.74, 6) is -0.339. The molecule has 0 atom stereocenters. The van der Waals surface area contributed by atoms with Gasteiger partial charge in [-0.2, -0.15) is 0 Å². The average Bonchev–Trinajstić information content (AvgIpc) is 2.48. The summed E-state index contributed by atoms with van der Waals surface area (Å²) in [5.41, 5.74) is -0.239. The van der Waals surface area contributed by atoms with Crippen LogP contribution in [0.25, 0.3) is 0 Å². The van der Waals surface area contributed by atoms with Crippen LogP contribution in [0.15, 0.2) is 0 Å². The van der Waals surface area contributed by atoms with Crippen LogP contribution < -0.4 is 10.6 Å². The molecule has 0 aromatic carbocycles. The summed E-state index contributed by atoms with van der Waals surface area (Å²) in [4.78, 5) is 24.8. The molecule has 0 radical (unpaired) electrons. The Morgan fingerprint density at radius 3 is 1.73 bits per heavy atom. The Morgan fingerprint density at radius 1 is 0.767 bits per heavy atom. The Kier molecular flexibility index (Phi) is 7.67. The van der Waals surface area contributed by atoms with Gasteiger partial charge in [0, 0.05) is 41.4 Å². The number of nitrogens with one attached hydrogen (secondary N) is 2. The summed E-state index contributed by atoms with van der Waals surface area (Å²) < 4.78 is 11.3. The van der Waals surface area contributed by atoms with Crippen molar-refractivity contribution < 1.29 is 19.1 Å². The average molecular weight is 425 g/mol. The van der Waals surface area contributed by atoms with E-state index in [0.717, 1.165) is 25.7 Å². The van der Waals surface area contributed by atoms with E-state index in [1.165, 1.54) is 0 Å². The number of piperidine rings is 2. The van der Waals surface area contributed by atoms with E-state index in [1.807, 2.05) is 0 Å². The lowest BCUT2D eigenvalue weighted by molar-refractivity contribution is -0.153. The molecule has 6 nitrogen and oxygen atoms in total. The zero-order chi connectivity index (χ0) is 22.8. The van der Waals surface area contributed by atoms with Crippen LogP contribution in [0.4, 0.5) is 0 Å². The van der Waals surface area contributed by atoms with E-state index in [9.17, 15) is 9.59 Å². The maximum Gasteiger partial charge on any atom is 0.309 e. The van der Waals surface area contributed by atoms with Crippen LogP contribution in [0, 0.1) is 5.92 Å². The van der Waals surface area contributed by atoms with Gasteiger partial charge in [-0.15, -0.1) is 0 Å². The molecular formula is C24H44N2O4. The zero-order valence-corrected chi connectivity index (χ0v) is 20.4. The van der Waals surface area contributed by atoms with E-state index in [2.05, 4.69) is 66.0 Å². The van der Waals surface area contributed by atoms with Crippen LogP contribution >= 0.6 is 0 Å². The van der Waals surface area contributed by atoms with Crippen molar-refractivity contribution >= 4 is 11.9 Å². The van der Waals surface area contributed by atoms with Gasteiger partial charge in [0.25, 0.3) is 0 Å². The highest BCUT2D eigenvalue weighted by Crippen LogP contribution is 2.33. The van der Waals surface area contributed by atoms with Gasteiger partial charge in [0.2, 0.25) is 0 Å². The van der Waals surface area contributed by atoms with Crippen LogP contribution in [0.3, 0.4) is 0 Å². The topological polar surface area (TPSA) is 76.7 Å². The Bertz CT molecular complexity index is 593. The molecule has 2 saturated heterocycles. The molecular weight excluding hydrogens is 380 g/mol. The molecule has 0 bridgehead atoms. The molecule has 0 spiro atoms.